The topological polar surface area (TPSA) is 90.0 Å². The van der Waals surface area contributed by atoms with Gasteiger partial charge in [-0.05, 0) is 49.1 Å². The van der Waals surface area contributed by atoms with Gasteiger partial charge in [0, 0.05) is 12.5 Å². The van der Waals surface area contributed by atoms with E-state index in [0.29, 0.717) is 29.1 Å². The van der Waals surface area contributed by atoms with Gasteiger partial charge in [0.1, 0.15) is 5.75 Å². The highest BCUT2D eigenvalue weighted by atomic mass is 32.2. The molecule has 2 aliphatic heterocycles. The molecule has 2 aromatic rings. The Kier molecular flexibility index (Phi) is 4.24. The molecule has 0 spiro atoms. The highest BCUT2D eigenvalue weighted by molar-refractivity contribution is 7.89. The average Bonchev–Trinajstić information content (AvgIpc) is 3.16. The van der Waals surface area contributed by atoms with Crippen molar-refractivity contribution in [3.05, 3.63) is 59.7 Å². The zero-order valence-electron chi connectivity index (χ0n) is 18.4. The molecule has 1 saturated carbocycles. The third-order valence-electron chi connectivity index (χ3n) is 8.05. The smallest absolute Gasteiger partial charge is 0.356 e. The van der Waals surface area contributed by atoms with Gasteiger partial charge in [-0.3, -0.25) is 4.79 Å². The van der Waals surface area contributed by atoms with Crippen molar-refractivity contribution in [1.82, 2.24) is 4.31 Å². The van der Waals surface area contributed by atoms with Gasteiger partial charge < -0.3 is 9.47 Å². The minimum Gasteiger partial charge on any atom is -0.446 e. The standard InChI is InChI=1S/C24H25NO6S/c1-22(2)23(3)13-14-24(22,31-20(23)26)21(27)30-16-11-9-15(10-12-16)19-17-7-5-6-8-18(17)32(28,29)25(19)4/h5-12,19H,13-14H2,1-4H3/t19-,23-,24+/m0/s1. The predicted octanol–water partition coefficient (Wildman–Crippen LogP) is 3.44. The number of esters is 2. The molecule has 0 N–H and O–H groups in total. The maximum absolute atomic E-state index is 13.2. The Morgan fingerprint density at radius 1 is 1.06 bits per heavy atom. The summed E-state index contributed by atoms with van der Waals surface area (Å²) in [5.41, 5.74) is -1.21. The van der Waals surface area contributed by atoms with E-state index >= 15 is 0 Å². The van der Waals surface area contributed by atoms with Gasteiger partial charge in [-0.15, -0.1) is 0 Å². The molecule has 2 fully saturated rings. The summed E-state index contributed by atoms with van der Waals surface area (Å²) in [6, 6.07) is 13.3. The molecular formula is C24H25NO6S. The normalized spacial score (nSPS) is 31.9. The minimum absolute atomic E-state index is 0.302. The maximum Gasteiger partial charge on any atom is 0.356 e. The molecular weight excluding hydrogens is 430 g/mol. The number of rotatable bonds is 3. The summed E-state index contributed by atoms with van der Waals surface area (Å²) in [4.78, 5) is 25.9. The molecule has 32 heavy (non-hydrogen) atoms. The van der Waals surface area contributed by atoms with Gasteiger partial charge in [-0.1, -0.05) is 44.2 Å². The summed E-state index contributed by atoms with van der Waals surface area (Å²) >= 11 is 0. The van der Waals surface area contributed by atoms with Crippen LogP contribution in [0.4, 0.5) is 0 Å². The number of sulfonamides is 1. The fraction of sp³-hybridized carbons (Fsp3) is 0.417. The summed E-state index contributed by atoms with van der Waals surface area (Å²) in [5.74, 6) is -0.613. The summed E-state index contributed by atoms with van der Waals surface area (Å²) in [5, 5.41) is 0. The lowest BCUT2D eigenvalue weighted by molar-refractivity contribution is -0.176. The summed E-state index contributed by atoms with van der Waals surface area (Å²) in [6.45, 7) is 5.60. The van der Waals surface area contributed by atoms with E-state index < -0.39 is 38.5 Å². The van der Waals surface area contributed by atoms with Gasteiger partial charge in [-0.25, -0.2) is 13.2 Å². The quantitative estimate of drug-likeness (QED) is 0.520. The maximum atomic E-state index is 13.2. The van der Waals surface area contributed by atoms with Crippen molar-refractivity contribution in [3.8, 4) is 5.75 Å². The average molecular weight is 456 g/mol. The molecule has 2 heterocycles. The number of hydrogen-bond donors (Lipinski definition) is 0. The lowest BCUT2D eigenvalue weighted by atomic mass is 9.66. The molecule has 2 aromatic carbocycles. The van der Waals surface area contributed by atoms with Crippen LogP contribution < -0.4 is 4.74 Å². The lowest BCUT2D eigenvalue weighted by Gasteiger charge is -2.34. The lowest BCUT2D eigenvalue weighted by Crippen LogP contribution is -2.50. The Balaban J connectivity index is 1.41. The Morgan fingerprint density at radius 2 is 1.72 bits per heavy atom. The summed E-state index contributed by atoms with van der Waals surface area (Å²) in [6.07, 6.45) is 1.01. The highest BCUT2D eigenvalue weighted by Gasteiger charge is 2.76. The molecule has 168 valence electrons. The van der Waals surface area contributed by atoms with Crippen LogP contribution in [-0.2, 0) is 24.3 Å². The molecule has 0 radical (unpaired) electrons. The van der Waals surface area contributed by atoms with Crippen molar-refractivity contribution in [1.29, 1.82) is 0 Å². The third-order valence-corrected chi connectivity index (χ3v) is 9.95. The van der Waals surface area contributed by atoms with Gasteiger partial charge in [0.2, 0.25) is 15.6 Å². The number of ether oxygens (including phenoxy) is 2. The van der Waals surface area contributed by atoms with E-state index in [1.54, 1.807) is 43.4 Å². The first-order chi connectivity index (χ1) is 15.0. The molecule has 1 saturated heterocycles. The van der Waals surface area contributed by atoms with Crippen LogP contribution in [0.15, 0.2) is 53.4 Å². The highest BCUT2D eigenvalue weighted by Crippen LogP contribution is 2.65. The summed E-state index contributed by atoms with van der Waals surface area (Å²) in [7, 11) is -2.00. The molecule has 5 rings (SSSR count). The van der Waals surface area contributed by atoms with Crippen molar-refractivity contribution in [2.45, 2.75) is 50.2 Å². The molecule has 3 aliphatic rings. The van der Waals surface area contributed by atoms with Crippen molar-refractivity contribution < 1.29 is 27.5 Å². The van der Waals surface area contributed by atoms with Crippen LogP contribution in [0.25, 0.3) is 0 Å². The van der Waals surface area contributed by atoms with Crippen molar-refractivity contribution >= 4 is 22.0 Å². The van der Waals surface area contributed by atoms with Crippen LogP contribution >= 0.6 is 0 Å². The first kappa shape index (κ1) is 21.2. The zero-order valence-corrected chi connectivity index (χ0v) is 19.2. The van der Waals surface area contributed by atoms with E-state index in [1.807, 2.05) is 32.9 Å². The van der Waals surface area contributed by atoms with Gasteiger partial charge in [0.25, 0.3) is 0 Å². The van der Waals surface area contributed by atoms with E-state index in [1.165, 1.54) is 4.31 Å². The molecule has 3 atom stereocenters. The fourth-order valence-electron chi connectivity index (χ4n) is 5.43. The Labute approximate surface area is 187 Å². The molecule has 0 aromatic heterocycles. The fourth-order valence-corrected chi connectivity index (χ4v) is 6.98. The molecule has 1 aliphatic carbocycles. The van der Waals surface area contributed by atoms with Crippen LogP contribution in [0.1, 0.15) is 50.8 Å². The Morgan fingerprint density at radius 3 is 2.31 bits per heavy atom. The number of nitrogens with zero attached hydrogens (tertiary/aromatic N) is 1. The number of carbonyl (C=O) groups excluding carboxylic acids is 2. The van der Waals surface area contributed by atoms with E-state index in [-0.39, 0.29) is 5.97 Å². The first-order valence-corrected chi connectivity index (χ1v) is 12.0. The van der Waals surface area contributed by atoms with Crippen LogP contribution in [-0.4, -0.2) is 37.3 Å². The minimum atomic E-state index is -3.55. The van der Waals surface area contributed by atoms with E-state index in [9.17, 15) is 18.0 Å². The van der Waals surface area contributed by atoms with Gasteiger partial charge in [0.15, 0.2) is 0 Å². The largest absolute Gasteiger partial charge is 0.446 e. The molecule has 0 unspecified atom stereocenters. The van der Waals surface area contributed by atoms with Crippen LogP contribution in [0, 0.1) is 10.8 Å². The second kappa shape index (κ2) is 6.42. The third kappa shape index (κ3) is 2.42. The van der Waals surface area contributed by atoms with Gasteiger partial charge >= 0.3 is 11.9 Å². The monoisotopic (exact) mass is 455 g/mol. The molecule has 8 heteroatoms. The van der Waals surface area contributed by atoms with Crippen LogP contribution in [0.3, 0.4) is 0 Å². The second-order valence-electron chi connectivity index (χ2n) is 9.59. The van der Waals surface area contributed by atoms with Crippen LogP contribution in [0.5, 0.6) is 5.75 Å². The Bertz CT molecular complexity index is 1250. The Hall–Kier alpha value is -2.71. The molecule has 7 nitrogen and oxygen atoms in total. The van der Waals surface area contributed by atoms with E-state index in [4.69, 9.17) is 9.47 Å². The predicted molar refractivity (Wildman–Crippen MR) is 115 cm³/mol. The van der Waals surface area contributed by atoms with Crippen molar-refractivity contribution in [2.24, 2.45) is 10.8 Å². The number of fused-ring (bicyclic) bond motifs is 3. The van der Waals surface area contributed by atoms with E-state index in [0.717, 1.165) is 5.56 Å². The van der Waals surface area contributed by atoms with Crippen molar-refractivity contribution in [2.75, 3.05) is 7.05 Å². The molecule has 2 bridgehead atoms. The van der Waals surface area contributed by atoms with Crippen LogP contribution in [0.2, 0.25) is 0 Å². The SMILES string of the molecule is CN1[C@@H](c2ccc(OC(=O)[C@@]34CC[C@@](C)(C(=O)O3)C4(C)C)cc2)c2ccccc2S1(=O)=O. The van der Waals surface area contributed by atoms with Gasteiger partial charge in [0.05, 0.1) is 16.4 Å². The number of hydrogen-bond acceptors (Lipinski definition) is 6. The second-order valence-corrected chi connectivity index (χ2v) is 11.6. The zero-order chi connectivity index (χ0) is 23.1. The number of carbonyl (C=O) groups is 2. The van der Waals surface area contributed by atoms with E-state index in [2.05, 4.69) is 0 Å². The summed E-state index contributed by atoms with van der Waals surface area (Å²) < 4.78 is 38.1. The number of benzene rings is 2. The first-order valence-electron chi connectivity index (χ1n) is 10.6. The van der Waals surface area contributed by atoms with Crippen molar-refractivity contribution in [3.63, 3.8) is 0 Å². The van der Waals surface area contributed by atoms with Gasteiger partial charge in [-0.2, -0.15) is 4.31 Å². The molecule has 0 amide bonds.